The van der Waals surface area contributed by atoms with Crippen molar-refractivity contribution in [3.8, 4) is 0 Å². The third-order valence-corrected chi connectivity index (χ3v) is 4.01. The maximum atomic E-state index is 11.7. The Morgan fingerprint density at radius 2 is 2.42 bits per heavy atom. The highest BCUT2D eigenvalue weighted by Gasteiger charge is 2.23. The van der Waals surface area contributed by atoms with Crippen LogP contribution in [0.3, 0.4) is 0 Å². The Morgan fingerprint density at radius 1 is 1.58 bits per heavy atom. The summed E-state index contributed by atoms with van der Waals surface area (Å²) in [5.41, 5.74) is 0.944. The quantitative estimate of drug-likeness (QED) is 0.507. The van der Waals surface area contributed by atoms with Gasteiger partial charge in [-0.25, -0.2) is 0 Å². The summed E-state index contributed by atoms with van der Waals surface area (Å²) < 4.78 is 0. The highest BCUT2D eigenvalue weighted by molar-refractivity contribution is 9.10. The van der Waals surface area contributed by atoms with Gasteiger partial charge >= 0.3 is 0 Å². The van der Waals surface area contributed by atoms with Crippen molar-refractivity contribution in [2.45, 2.75) is 24.1 Å². The summed E-state index contributed by atoms with van der Waals surface area (Å²) in [6, 6.07) is 1.95. The van der Waals surface area contributed by atoms with Crippen molar-refractivity contribution in [3.05, 3.63) is 21.9 Å². The molecule has 0 bridgehead atoms. The molecule has 1 aromatic rings. The Labute approximate surface area is 83.9 Å². The number of ketones is 1. The van der Waals surface area contributed by atoms with Crippen LogP contribution in [0, 0.1) is 0 Å². The molecule has 0 spiro atoms. The first kappa shape index (κ1) is 8.45. The van der Waals surface area contributed by atoms with Crippen LogP contribution in [-0.4, -0.2) is 10.6 Å². The van der Waals surface area contributed by atoms with E-state index in [1.807, 2.05) is 11.4 Å². The molecule has 0 radical (unpaired) electrons. The van der Waals surface area contributed by atoms with Crippen LogP contribution >= 0.6 is 27.3 Å². The zero-order valence-electron chi connectivity index (χ0n) is 6.55. The van der Waals surface area contributed by atoms with Crippen molar-refractivity contribution in [1.82, 2.24) is 0 Å². The van der Waals surface area contributed by atoms with Crippen LogP contribution in [0.1, 0.15) is 28.1 Å². The Bertz CT molecular complexity index is 305. The molecule has 0 saturated heterocycles. The normalized spacial score (nSPS) is 23.4. The first-order valence-corrected chi connectivity index (χ1v) is 5.83. The van der Waals surface area contributed by atoms with Crippen molar-refractivity contribution in [1.29, 1.82) is 0 Å². The number of alkyl halides is 1. The molecule has 1 aliphatic carbocycles. The number of halogens is 1. The van der Waals surface area contributed by atoms with E-state index in [1.165, 1.54) is 4.88 Å². The molecule has 1 unspecified atom stereocenters. The molecule has 1 atom stereocenters. The summed E-state index contributed by atoms with van der Waals surface area (Å²) in [4.78, 5) is 13.0. The van der Waals surface area contributed by atoms with Gasteiger partial charge in [0.2, 0.25) is 0 Å². The van der Waals surface area contributed by atoms with Gasteiger partial charge in [-0.3, -0.25) is 4.79 Å². The molecule has 0 fully saturated rings. The molecule has 0 N–H and O–H groups in total. The van der Waals surface area contributed by atoms with Gasteiger partial charge in [0, 0.05) is 10.4 Å². The predicted octanol–water partition coefficient (Wildman–Crippen LogP) is 3.03. The van der Waals surface area contributed by atoms with E-state index >= 15 is 0 Å². The van der Waals surface area contributed by atoms with E-state index < -0.39 is 0 Å². The minimum Gasteiger partial charge on any atom is -0.293 e. The summed E-state index contributed by atoms with van der Waals surface area (Å²) in [6.45, 7) is 0. The van der Waals surface area contributed by atoms with Gasteiger partial charge in [-0.05, 0) is 30.7 Å². The van der Waals surface area contributed by atoms with E-state index in [0.29, 0.717) is 0 Å². The first-order valence-electron chi connectivity index (χ1n) is 4.03. The number of fused-ring (bicyclic) bond motifs is 1. The van der Waals surface area contributed by atoms with Gasteiger partial charge in [-0.15, -0.1) is 11.3 Å². The monoisotopic (exact) mass is 244 g/mol. The molecule has 64 valence electrons. The van der Waals surface area contributed by atoms with Crippen molar-refractivity contribution >= 4 is 33.0 Å². The molecule has 0 amide bonds. The first-order chi connectivity index (χ1) is 5.79. The molecular formula is C9H9BrOS. The number of rotatable bonds is 0. The van der Waals surface area contributed by atoms with Gasteiger partial charge in [0.15, 0.2) is 5.78 Å². The van der Waals surface area contributed by atoms with Crippen molar-refractivity contribution in [2.75, 3.05) is 0 Å². The molecule has 3 heteroatoms. The molecule has 0 aliphatic heterocycles. The fraction of sp³-hybridized carbons (Fsp3) is 0.444. The lowest BCUT2D eigenvalue weighted by Crippen LogP contribution is -2.11. The van der Waals surface area contributed by atoms with E-state index in [0.717, 1.165) is 24.8 Å². The SMILES string of the molecule is O=C1c2ccsc2CCCC1Br. The summed E-state index contributed by atoms with van der Waals surface area (Å²) in [6.07, 6.45) is 3.16. The van der Waals surface area contributed by atoms with Crippen molar-refractivity contribution in [2.24, 2.45) is 0 Å². The molecule has 1 aliphatic rings. The number of carbonyl (C=O) groups is 1. The number of carbonyl (C=O) groups excluding carboxylic acids is 1. The molecule has 2 rings (SSSR count). The van der Waals surface area contributed by atoms with Crippen LogP contribution in [0.4, 0.5) is 0 Å². The number of aryl methyl sites for hydroxylation is 1. The Balaban J connectivity index is 2.41. The number of thiophene rings is 1. The highest BCUT2D eigenvalue weighted by Crippen LogP contribution is 2.28. The zero-order valence-corrected chi connectivity index (χ0v) is 8.95. The second kappa shape index (κ2) is 3.30. The minimum atomic E-state index is 0.0494. The molecule has 1 aromatic heterocycles. The number of hydrogen-bond acceptors (Lipinski definition) is 2. The second-order valence-electron chi connectivity index (χ2n) is 2.98. The van der Waals surface area contributed by atoms with Crippen LogP contribution in [0.25, 0.3) is 0 Å². The maximum Gasteiger partial charge on any atom is 0.177 e. The van der Waals surface area contributed by atoms with Crippen LogP contribution in [-0.2, 0) is 6.42 Å². The van der Waals surface area contributed by atoms with Crippen LogP contribution in [0.5, 0.6) is 0 Å². The van der Waals surface area contributed by atoms with E-state index in [4.69, 9.17) is 0 Å². The van der Waals surface area contributed by atoms with Crippen molar-refractivity contribution < 1.29 is 4.79 Å². The summed E-state index contributed by atoms with van der Waals surface area (Å²) >= 11 is 5.12. The lowest BCUT2D eigenvalue weighted by molar-refractivity contribution is 0.0991. The fourth-order valence-electron chi connectivity index (χ4n) is 1.50. The molecule has 0 saturated carbocycles. The Hall–Kier alpha value is -0.150. The lowest BCUT2D eigenvalue weighted by atomic mass is 10.1. The van der Waals surface area contributed by atoms with E-state index in [9.17, 15) is 4.79 Å². The second-order valence-corrected chi connectivity index (χ2v) is 5.09. The molecule has 1 heterocycles. The van der Waals surface area contributed by atoms with Gasteiger partial charge in [0.25, 0.3) is 0 Å². The largest absolute Gasteiger partial charge is 0.293 e. The zero-order chi connectivity index (χ0) is 8.55. The van der Waals surface area contributed by atoms with Gasteiger partial charge in [0.1, 0.15) is 0 Å². The molecule has 0 aromatic carbocycles. The third-order valence-electron chi connectivity index (χ3n) is 2.16. The van der Waals surface area contributed by atoms with Gasteiger partial charge in [0.05, 0.1) is 4.83 Å². The smallest absolute Gasteiger partial charge is 0.177 e. The predicted molar refractivity (Wildman–Crippen MR) is 54.3 cm³/mol. The molecular weight excluding hydrogens is 236 g/mol. The summed E-state index contributed by atoms with van der Waals surface area (Å²) in [7, 11) is 0. The summed E-state index contributed by atoms with van der Waals surface area (Å²) in [5.74, 6) is 0.267. The number of Topliss-reactive ketones (excluding diaryl/α,β-unsaturated/α-hetero) is 1. The van der Waals surface area contributed by atoms with E-state index in [-0.39, 0.29) is 10.6 Å². The maximum absolute atomic E-state index is 11.7. The van der Waals surface area contributed by atoms with Gasteiger partial charge in [-0.2, -0.15) is 0 Å². The standard InChI is InChI=1S/C9H9BrOS/c10-7-2-1-3-8-6(9(7)11)4-5-12-8/h4-5,7H,1-3H2. The topological polar surface area (TPSA) is 17.1 Å². The van der Waals surface area contributed by atoms with Crippen LogP contribution < -0.4 is 0 Å². The molecule has 1 nitrogen and oxygen atoms in total. The summed E-state index contributed by atoms with van der Waals surface area (Å²) in [5, 5.41) is 2.01. The van der Waals surface area contributed by atoms with Crippen LogP contribution in [0.15, 0.2) is 11.4 Å². The fourth-order valence-corrected chi connectivity index (χ4v) is 2.99. The Kier molecular flexibility index (Phi) is 2.33. The number of hydrogen-bond donors (Lipinski definition) is 0. The third kappa shape index (κ3) is 1.36. The minimum absolute atomic E-state index is 0.0494. The van der Waals surface area contributed by atoms with E-state index in [2.05, 4.69) is 15.9 Å². The average molecular weight is 245 g/mol. The average Bonchev–Trinajstić information content (AvgIpc) is 2.46. The highest BCUT2D eigenvalue weighted by atomic mass is 79.9. The van der Waals surface area contributed by atoms with E-state index in [1.54, 1.807) is 11.3 Å². The van der Waals surface area contributed by atoms with Crippen molar-refractivity contribution in [3.63, 3.8) is 0 Å². The lowest BCUT2D eigenvalue weighted by Gasteiger charge is -2.01. The Morgan fingerprint density at radius 3 is 3.25 bits per heavy atom. The molecule has 12 heavy (non-hydrogen) atoms. The van der Waals surface area contributed by atoms with Crippen LogP contribution in [0.2, 0.25) is 0 Å². The van der Waals surface area contributed by atoms with Gasteiger partial charge in [-0.1, -0.05) is 15.9 Å². The van der Waals surface area contributed by atoms with Gasteiger partial charge < -0.3 is 0 Å².